The Hall–Kier alpha value is -1.27. The van der Waals surface area contributed by atoms with Gasteiger partial charge in [-0.05, 0) is 45.4 Å². The molecule has 2 nitrogen and oxygen atoms in total. The molecule has 1 aromatic rings. The van der Waals surface area contributed by atoms with Crippen LogP contribution in [0.1, 0.15) is 38.8 Å². The molecule has 0 aliphatic carbocycles. The fourth-order valence-electron chi connectivity index (χ4n) is 1.98. The largest absolute Gasteiger partial charge is 0.487 e. The van der Waals surface area contributed by atoms with Gasteiger partial charge in [-0.2, -0.15) is 13.2 Å². The SMILES string of the molecule is CC1(C)OB(C=Cc2cccc(C(F)(F)F)c2)OC1(C)C. The van der Waals surface area contributed by atoms with Gasteiger partial charge in [0.1, 0.15) is 0 Å². The number of rotatable bonds is 2. The van der Waals surface area contributed by atoms with Gasteiger partial charge in [-0.25, -0.2) is 0 Å². The van der Waals surface area contributed by atoms with Crippen LogP contribution in [0.3, 0.4) is 0 Å². The standard InChI is InChI=1S/C15H18BF3O2/c1-13(2)14(3,4)21-16(20-13)9-8-11-6-5-7-12(10-11)15(17,18)19/h5-10H,1-4H3. The van der Waals surface area contributed by atoms with Gasteiger partial charge in [0, 0.05) is 0 Å². The molecule has 0 N–H and O–H groups in total. The van der Waals surface area contributed by atoms with Gasteiger partial charge >= 0.3 is 13.3 Å². The van der Waals surface area contributed by atoms with Gasteiger partial charge in [-0.3, -0.25) is 0 Å². The molecule has 0 atom stereocenters. The van der Waals surface area contributed by atoms with E-state index in [-0.39, 0.29) is 0 Å². The Morgan fingerprint density at radius 2 is 1.62 bits per heavy atom. The molecule has 0 bridgehead atoms. The third kappa shape index (κ3) is 3.50. The molecule has 0 unspecified atom stereocenters. The molecule has 0 spiro atoms. The van der Waals surface area contributed by atoms with Crippen LogP contribution in [0, 0.1) is 0 Å². The highest BCUT2D eigenvalue weighted by Gasteiger charge is 2.50. The maximum Gasteiger partial charge on any atom is 0.487 e. The van der Waals surface area contributed by atoms with Crippen molar-refractivity contribution in [3.8, 4) is 0 Å². The van der Waals surface area contributed by atoms with Gasteiger partial charge in [0.05, 0.1) is 16.8 Å². The van der Waals surface area contributed by atoms with E-state index in [1.807, 2.05) is 27.7 Å². The van der Waals surface area contributed by atoms with Crippen LogP contribution in [0.15, 0.2) is 30.2 Å². The molecule has 1 fully saturated rings. The third-order valence-corrected chi connectivity index (χ3v) is 3.93. The number of benzene rings is 1. The summed E-state index contributed by atoms with van der Waals surface area (Å²) in [6.07, 6.45) is -2.76. The van der Waals surface area contributed by atoms with Gasteiger partial charge in [0.15, 0.2) is 0 Å². The van der Waals surface area contributed by atoms with Crippen molar-refractivity contribution in [3.63, 3.8) is 0 Å². The van der Waals surface area contributed by atoms with Crippen LogP contribution in [0.5, 0.6) is 0 Å². The van der Waals surface area contributed by atoms with E-state index in [0.717, 1.165) is 12.1 Å². The molecular formula is C15H18BF3O2. The lowest BCUT2D eigenvalue weighted by molar-refractivity contribution is -0.137. The highest BCUT2D eigenvalue weighted by atomic mass is 19.4. The second-order valence-electron chi connectivity index (χ2n) is 6.11. The summed E-state index contributed by atoms with van der Waals surface area (Å²) < 4.78 is 49.4. The first-order valence-electron chi connectivity index (χ1n) is 6.72. The number of halogens is 3. The predicted molar refractivity (Wildman–Crippen MR) is 76.6 cm³/mol. The summed E-state index contributed by atoms with van der Waals surface area (Å²) in [5.74, 6) is 1.63. The monoisotopic (exact) mass is 298 g/mol. The molecule has 0 aromatic heterocycles. The van der Waals surface area contributed by atoms with Crippen molar-refractivity contribution < 1.29 is 22.5 Å². The maximum absolute atomic E-state index is 12.6. The summed E-state index contributed by atoms with van der Waals surface area (Å²) in [5.41, 5.74) is -1.14. The van der Waals surface area contributed by atoms with Crippen molar-refractivity contribution in [2.75, 3.05) is 0 Å². The lowest BCUT2D eigenvalue weighted by Crippen LogP contribution is -2.41. The van der Waals surface area contributed by atoms with E-state index in [9.17, 15) is 13.2 Å². The van der Waals surface area contributed by atoms with E-state index in [4.69, 9.17) is 9.31 Å². The molecule has 1 aromatic carbocycles. The second-order valence-corrected chi connectivity index (χ2v) is 6.11. The molecule has 0 radical (unpaired) electrons. The minimum absolute atomic E-state index is 0.458. The van der Waals surface area contributed by atoms with Crippen LogP contribution in [0.25, 0.3) is 6.08 Å². The van der Waals surface area contributed by atoms with E-state index >= 15 is 0 Å². The first-order valence-corrected chi connectivity index (χ1v) is 6.72. The molecule has 114 valence electrons. The van der Waals surface area contributed by atoms with Gasteiger partial charge in [0.2, 0.25) is 0 Å². The molecule has 1 saturated heterocycles. The number of hydrogen-bond donors (Lipinski definition) is 0. The van der Waals surface area contributed by atoms with Gasteiger partial charge < -0.3 is 9.31 Å². The van der Waals surface area contributed by atoms with E-state index < -0.39 is 30.1 Å². The first kappa shape index (κ1) is 16.1. The Labute approximate surface area is 123 Å². The molecule has 1 aliphatic heterocycles. The van der Waals surface area contributed by atoms with Crippen LogP contribution >= 0.6 is 0 Å². The van der Waals surface area contributed by atoms with Crippen molar-refractivity contribution in [3.05, 3.63) is 41.4 Å². The summed E-state index contributed by atoms with van der Waals surface area (Å²) >= 11 is 0. The quantitative estimate of drug-likeness (QED) is 0.756. The van der Waals surface area contributed by atoms with Crippen LogP contribution in [-0.2, 0) is 15.5 Å². The molecule has 6 heteroatoms. The molecule has 2 rings (SSSR count). The minimum Gasteiger partial charge on any atom is -0.400 e. The van der Waals surface area contributed by atoms with Gasteiger partial charge in [-0.15, -0.1) is 0 Å². The lowest BCUT2D eigenvalue weighted by atomic mass is 9.89. The fourth-order valence-corrected chi connectivity index (χ4v) is 1.98. The van der Waals surface area contributed by atoms with Crippen molar-refractivity contribution in [1.29, 1.82) is 0 Å². The van der Waals surface area contributed by atoms with Crippen LogP contribution in [-0.4, -0.2) is 18.3 Å². The van der Waals surface area contributed by atoms with E-state index in [2.05, 4.69) is 0 Å². The second kappa shape index (κ2) is 5.18. The van der Waals surface area contributed by atoms with E-state index in [1.165, 1.54) is 6.07 Å². The first-order chi connectivity index (χ1) is 9.51. The molecule has 0 amide bonds. The smallest absolute Gasteiger partial charge is 0.400 e. The summed E-state index contributed by atoms with van der Waals surface area (Å²) in [5, 5.41) is 0. The molecular weight excluding hydrogens is 280 g/mol. The van der Waals surface area contributed by atoms with Crippen LogP contribution < -0.4 is 0 Å². The zero-order chi connectivity index (χ0) is 15.9. The fraction of sp³-hybridized carbons (Fsp3) is 0.467. The number of alkyl halides is 3. The Kier molecular flexibility index (Phi) is 3.97. The molecule has 1 heterocycles. The highest BCUT2D eigenvalue weighted by molar-refractivity contribution is 6.52. The lowest BCUT2D eigenvalue weighted by Gasteiger charge is -2.32. The van der Waals surface area contributed by atoms with Crippen molar-refractivity contribution >= 4 is 13.2 Å². The Morgan fingerprint density at radius 1 is 1.05 bits per heavy atom. The summed E-state index contributed by atoms with van der Waals surface area (Å²) in [6.45, 7) is 7.69. The molecule has 0 saturated carbocycles. The van der Waals surface area contributed by atoms with E-state index in [0.29, 0.717) is 5.56 Å². The zero-order valence-corrected chi connectivity index (χ0v) is 12.5. The van der Waals surface area contributed by atoms with Crippen molar-refractivity contribution in [2.24, 2.45) is 0 Å². The normalized spacial score (nSPS) is 21.2. The molecule has 21 heavy (non-hydrogen) atoms. The average molecular weight is 298 g/mol. The van der Waals surface area contributed by atoms with Crippen molar-refractivity contribution in [2.45, 2.75) is 45.1 Å². The molecule has 1 aliphatic rings. The topological polar surface area (TPSA) is 18.5 Å². The third-order valence-electron chi connectivity index (χ3n) is 3.93. The van der Waals surface area contributed by atoms with E-state index in [1.54, 1.807) is 18.1 Å². The predicted octanol–water partition coefficient (Wildman–Crippen LogP) is 4.35. The highest BCUT2D eigenvalue weighted by Crippen LogP contribution is 2.37. The Morgan fingerprint density at radius 3 is 2.14 bits per heavy atom. The van der Waals surface area contributed by atoms with Gasteiger partial charge in [0.25, 0.3) is 0 Å². The van der Waals surface area contributed by atoms with Gasteiger partial charge in [-0.1, -0.05) is 24.2 Å². The zero-order valence-electron chi connectivity index (χ0n) is 12.5. The summed E-state index contributed by atoms with van der Waals surface area (Å²) in [6, 6.07) is 5.14. The average Bonchev–Trinajstić information content (AvgIpc) is 2.55. The van der Waals surface area contributed by atoms with Crippen LogP contribution in [0.4, 0.5) is 13.2 Å². The van der Waals surface area contributed by atoms with Crippen LogP contribution in [0.2, 0.25) is 0 Å². The Balaban J connectivity index is 2.13. The maximum atomic E-state index is 12.6. The Bertz CT molecular complexity index is 534. The number of hydrogen-bond acceptors (Lipinski definition) is 2. The summed E-state index contributed by atoms with van der Waals surface area (Å²) in [7, 11) is -0.565. The van der Waals surface area contributed by atoms with Crippen molar-refractivity contribution in [1.82, 2.24) is 0 Å². The minimum atomic E-state index is -4.34. The summed E-state index contributed by atoms with van der Waals surface area (Å²) in [4.78, 5) is 0.